The molecule has 0 spiro atoms. The number of benzene rings is 1. The zero-order valence-electron chi connectivity index (χ0n) is 9.10. The Balaban J connectivity index is 2.64. The summed E-state index contributed by atoms with van der Waals surface area (Å²) < 4.78 is 0. The molecule has 15 heavy (non-hydrogen) atoms. The summed E-state index contributed by atoms with van der Waals surface area (Å²) in [6.07, 6.45) is 4.49. The molecule has 0 aliphatic rings. The van der Waals surface area contributed by atoms with Crippen LogP contribution >= 0.6 is 11.8 Å². The van der Waals surface area contributed by atoms with Gasteiger partial charge in [-0.05, 0) is 24.0 Å². The maximum Gasteiger partial charge on any atom is 0.0852 e. The minimum absolute atomic E-state index is 0.153. The van der Waals surface area contributed by atoms with Crippen LogP contribution in [0.15, 0.2) is 43.0 Å². The smallest absolute Gasteiger partial charge is 0.0852 e. The fourth-order valence-electron chi connectivity index (χ4n) is 1.56. The lowest BCUT2D eigenvalue weighted by Crippen LogP contribution is -2.11. The van der Waals surface area contributed by atoms with E-state index >= 15 is 0 Å². The number of aliphatic hydroxyl groups is 1. The van der Waals surface area contributed by atoms with Crippen molar-refractivity contribution in [2.24, 2.45) is 5.92 Å². The van der Waals surface area contributed by atoms with Gasteiger partial charge < -0.3 is 5.11 Å². The van der Waals surface area contributed by atoms with E-state index in [2.05, 4.69) is 12.8 Å². The van der Waals surface area contributed by atoms with Crippen molar-refractivity contribution in [3.63, 3.8) is 0 Å². The van der Waals surface area contributed by atoms with E-state index in [1.54, 1.807) is 11.8 Å². The molecule has 0 bridgehead atoms. The summed E-state index contributed by atoms with van der Waals surface area (Å²) in [5, 5.41) is 10.1. The van der Waals surface area contributed by atoms with Gasteiger partial charge in [-0.2, -0.15) is 11.8 Å². The largest absolute Gasteiger partial charge is 0.388 e. The third-order valence-electron chi connectivity index (χ3n) is 2.50. The summed E-state index contributed by atoms with van der Waals surface area (Å²) in [7, 11) is 0. The zero-order valence-corrected chi connectivity index (χ0v) is 9.91. The van der Waals surface area contributed by atoms with Gasteiger partial charge in [0.2, 0.25) is 0 Å². The van der Waals surface area contributed by atoms with Gasteiger partial charge in [-0.25, -0.2) is 0 Å². The summed E-state index contributed by atoms with van der Waals surface area (Å²) in [5.41, 5.74) is 0.975. The highest BCUT2D eigenvalue weighted by atomic mass is 32.2. The van der Waals surface area contributed by atoms with Crippen molar-refractivity contribution >= 4 is 11.8 Å². The number of aliphatic hydroxyl groups excluding tert-OH is 1. The maximum absolute atomic E-state index is 10.1. The highest BCUT2D eigenvalue weighted by Crippen LogP contribution is 2.26. The van der Waals surface area contributed by atoms with Gasteiger partial charge in [-0.15, -0.1) is 6.58 Å². The second-order valence-corrected chi connectivity index (χ2v) is 4.52. The molecule has 0 saturated heterocycles. The van der Waals surface area contributed by atoms with Gasteiger partial charge in [0.1, 0.15) is 0 Å². The van der Waals surface area contributed by atoms with E-state index in [-0.39, 0.29) is 5.92 Å². The third kappa shape index (κ3) is 3.73. The van der Waals surface area contributed by atoms with Crippen LogP contribution in [0.4, 0.5) is 0 Å². The number of hydrogen-bond acceptors (Lipinski definition) is 2. The average Bonchev–Trinajstić information content (AvgIpc) is 2.31. The topological polar surface area (TPSA) is 20.2 Å². The second-order valence-electron chi connectivity index (χ2n) is 3.54. The summed E-state index contributed by atoms with van der Waals surface area (Å²) in [6.45, 7) is 3.79. The Morgan fingerprint density at radius 3 is 2.60 bits per heavy atom. The Morgan fingerprint density at radius 1 is 1.40 bits per heavy atom. The minimum atomic E-state index is -0.421. The third-order valence-corrected chi connectivity index (χ3v) is 3.15. The second kappa shape index (κ2) is 6.70. The molecule has 2 unspecified atom stereocenters. The molecule has 0 heterocycles. The average molecular weight is 222 g/mol. The fourth-order valence-corrected chi connectivity index (χ4v) is 2.06. The van der Waals surface area contributed by atoms with Gasteiger partial charge in [0.25, 0.3) is 0 Å². The molecule has 0 radical (unpaired) electrons. The van der Waals surface area contributed by atoms with Crippen molar-refractivity contribution in [3.8, 4) is 0 Å². The molecule has 1 N–H and O–H groups in total. The summed E-state index contributed by atoms with van der Waals surface area (Å²) in [4.78, 5) is 0. The van der Waals surface area contributed by atoms with Crippen LogP contribution in [-0.2, 0) is 0 Å². The molecule has 0 aromatic heterocycles. The number of thioether (sulfide) groups is 1. The molecule has 0 saturated carbocycles. The van der Waals surface area contributed by atoms with Crippen LogP contribution < -0.4 is 0 Å². The van der Waals surface area contributed by atoms with Crippen molar-refractivity contribution < 1.29 is 5.11 Å². The summed E-state index contributed by atoms with van der Waals surface area (Å²) in [6, 6.07) is 9.78. The molecule has 0 aliphatic heterocycles. The predicted octanol–water partition coefficient (Wildman–Crippen LogP) is 3.28. The standard InChI is InChI=1S/C13H18OS/c1-3-11(9-10-15-2)13(14)12-7-5-4-6-8-12/h3-8,11,13-14H,1,9-10H2,2H3. The van der Waals surface area contributed by atoms with Gasteiger partial charge in [-0.3, -0.25) is 0 Å². The van der Waals surface area contributed by atoms with Gasteiger partial charge in [0, 0.05) is 5.92 Å². The van der Waals surface area contributed by atoms with E-state index in [1.807, 2.05) is 36.4 Å². The van der Waals surface area contributed by atoms with Crippen LogP contribution in [0, 0.1) is 5.92 Å². The van der Waals surface area contributed by atoms with Crippen LogP contribution in [0.3, 0.4) is 0 Å². The Kier molecular flexibility index (Phi) is 5.51. The van der Waals surface area contributed by atoms with Crippen molar-refractivity contribution in [1.29, 1.82) is 0 Å². The lowest BCUT2D eigenvalue weighted by atomic mass is 9.94. The number of hydrogen-bond donors (Lipinski definition) is 1. The van der Waals surface area contributed by atoms with E-state index in [1.165, 1.54) is 0 Å². The zero-order chi connectivity index (χ0) is 11.1. The van der Waals surface area contributed by atoms with E-state index in [0.717, 1.165) is 17.7 Å². The molecule has 82 valence electrons. The summed E-state index contributed by atoms with van der Waals surface area (Å²) >= 11 is 1.80. The first-order valence-electron chi connectivity index (χ1n) is 5.14. The lowest BCUT2D eigenvalue weighted by molar-refractivity contribution is 0.130. The van der Waals surface area contributed by atoms with Crippen molar-refractivity contribution in [2.45, 2.75) is 12.5 Å². The normalized spacial score (nSPS) is 14.5. The molecule has 2 atom stereocenters. The predicted molar refractivity (Wildman–Crippen MR) is 68.1 cm³/mol. The molecule has 0 fully saturated rings. The fraction of sp³-hybridized carbons (Fsp3) is 0.385. The minimum Gasteiger partial charge on any atom is -0.388 e. The molecular weight excluding hydrogens is 204 g/mol. The van der Waals surface area contributed by atoms with E-state index in [9.17, 15) is 5.11 Å². The molecule has 0 aliphatic carbocycles. The van der Waals surface area contributed by atoms with E-state index in [0.29, 0.717) is 0 Å². The van der Waals surface area contributed by atoms with Crippen LogP contribution in [0.5, 0.6) is 0 Å². The van der Waals surface area contributed by atoms with Gasteiger partial charge in [0.05, 0.1) is 6.10 Å². The summed E-state index contributed by atoms with van der Waals surface area (Å²) in [5.74, 6) is 1.21. The molecule has 0 amide bonds. The van der Waals surface area contributed by atoms with Gasteiger partial charge in [0.15, 0.2) is 0 Å². The Bertz CT molecular complexity index is 284. The van der Waals surface area contributed by atoms with Crippen molar-refractivity contribution in [2.75, 3.05) is 12.0 Å². The molecule has 1 nitrogen and oxygen atoms in total. The SMILES string of the molecule is C=CC(CCSC)C(O)c1ccccc1. The molecule has 1 aromatic rings. The lowest BCUT2D eigenvalue weighted by Gasteiger charge is -2.19. The van der Waals surface area contributed by atoms with Crippen LogP contribution in [0.25, 0.3) is 0 Å². The highest BCUT2D eigenvalue weighted by molar-refractivity contribution is 7.98. The van der Waals surface area contributed by atoms with Crippen LogP contribution in [0.2, 0.25) is 0 Å². The van der Waals surface area contributed by atoms with Crippen LogP contribution in [0.1, 0.15) is 18.1 Å². The monoisotopic (exact) mass is 222 g/mol. The molecular formula is C13H18OS. The number of rotatable bonds is 6. The molecule has 1 rings (SSSR count). The van der Waals surface area contributed by atoms with Crippen molar-refractivity contribution in [3.05, 3.63) is 48.6 Å². The van der Waals surface area contributed by atoms with Gasteiger partial charge >= 0.3 is 0 Å². The van der Waals surface area contributed by atoms with Crippen molar-refractivity contribution in [1.82, 2.24) is 0 Å². The quantitative estimate of drug-likeness (QED) is 0.745. The Morgan fingerprint density at radius 2 is 2.07 bits per heavy atom. The van der Waals surface area contributed by atoms with E-state index in [4.69, 9.17) is 0 Å². The van der Waals surface area contributed by atoms with Gasteiger partial charge in [-0.1, -0.05) is 36.4 Å². The Hall–Kier alpha value is -0.730. The van der Waals surface area contributed by atoms with E-state index < -0.39 is 6.10 Å². The maximum atomic E-state index is 10.1. The highest BCUT2D eigenvalue weighted by Gasteiger charge is 2.16. The van der Waals surface area contributed by atoms with Crippen LogP contribution in [-0.4, -0.2) is 17.1 Å². The molecule has 2 heteroatoms. The first-order chi connectivity index (χ1) is 7.29. The Labute approximate surface area is 96.2 Å². The first kappa shape index (κ1) is 12.3. The first-order valence-corrected chi connectivity index (χ1v) is 6.53. The molecule has 1 aromatic carbocycles.